The lowest BCUT2D eigenvalue weighted by Crippen LogP contribution is -2.35. The molecule has 0 saturated carbocycles. The molecule has 5 nitrogen and oxygen atoms in total. The maximum atomic E-state index is 12.2. The van der Waals surface area contributed by atoms with E-state index >= 15 is 0 Å². The van der Waals surface area contributed by atoms with Crippen LogP contribution in [0.5, 0.6) is 11.5 Å². The molecule has 1 aromatic carbocycles. The molecule has 0 N–H and O–H groups in total. The van der Waals surface area contributed by atoms with Crippen LogP contribution in [0.3, 0.4) is 0 Å². The average molecular weight is 252 g/mol. The molecule has 0 aliphatic carbocycles. The van der Waals surface area contributed by atoms with Crippen LogP contribution >= 0.6 is 0 Å². The minimum Gasteiger partial charge on any atom is -0.493 e. The van der Waals surface area contributed by atoms with E-state index < -0.39 is 6.10 Å². The van der Waals surface area contributed by atoms with Crippen molar-refractivity contribution in [1.82, 2.24) is 0 Å². The highest BCUT2D eigenvalue weighted by Crippen LogP contribution is 2.28. The van der Waals surface area contributed by atoms with Gasteiger partial charge in [0.05, 0.1) is 34.0 Å². The predicted molar refractivity (Wildman–Crippen MR) is 64.4 cm³/mol. The number of Topliss-reactive ketones (excluding diaryl/α,β-unsaturated/α-hetero) is 1. The monoisotopic (exact) mass is 252 g/mol. The van der Waals surface area contributed by atoms with Crippen LogP contribution < -0.4 is 9.47 Å². The number of rotatable bonds is 4. The van der Waals surface area contributed by atoms with Gasteiger partial charge in [-0.25, -0.2) is 0 Å². The van der Waals surface area contributed by atoms with Gasteiger partial charge in [-0.05, 0) is 18.2 Å². The smallest absolute Gasteiger partial charge is 0.194 e. The predicted octanol–water partition coefficient (Wildman–Crippen LogP) is 1.30. The van der Waals surface area contributed by atoms with Crippen molar-refractivity contribution in [1.29, 1.82) is 0 Å². The first-order valence-corrected chi connectivity index (χ1v) is 5.72. The zero-order valence-corrected chi connectivity index (χ0v) is 10.5. The van der Waals surface area contributed by atoms with Crippen LogP contribution in [0, 0.1) is 0 Å². The van der Waals surface area contributed by atoms with Gasteiger partial charge < -0.3 is 18.9 Å². The summed E-state index contributed by atoms with van der Waals surface area (Å²) in [7, 11) is 3.09. The van der Waals surface area contributed by atoms with Crippen molar-refractivity contribution < 1.29 is 23.7 Å². The first-order valence-electron chi connectivity index (χ1n) is 5.72. The highest BCUT2D eigenvalue weighted by molar-refractivity contribution is 6.00. The average Bonchev–Trinajstić information content (AvgIpc) is 2.46. The first kappa shape index (κ1) is 12.9. The number of methoxy groups -OCH3 is 2. The molecule has 18 heavy (non-hydrogen) atoms. The van der Waals surface area contributed by atoms with E-state index in [2.05, 4.69) is 0 Å². The van der Waals surface area contributed by atoms with Crippen molar-refractivity contribution in [3.63, 3.8) is 0 Å². The summed E-state index contributed by atoms with van der Waals surface area (Å²) in [5.74, 6) is 1.02. The molecule has 1 unspecified atom stereocenters. The molecule has 1 saturated heterocycles. The van der Waals surface area contributed by atoms with E-state index in [4.69, 9.17) is 18.9 Å². The molecule has 1 atom stereocenters. The van der Waals surface area contributed by atoms with Crippen LogP contribution in [-0.2, 0) is 9.47 Å². The molecular formula is C13H16O5. The maximum Gasteiger partial charge on any atom is 0.194 e. The Morgan fingerprint density at radius 1 is 1.22 bits per heavy atom. The van der Waals surface area contributed by atoms with E-state index in [-0.39, 0.29) is 5.78 Å². The third-order valence-electron chi connectivity index (χ3n) is 2.78. The lowest BCUT2D eigenvalue weighted by Gasteiger charge is -2.22. The fraction of sp³-hybridized carbons (Fsp3) is 0.462. The molecule has 5 heteroatoms. The molecule has 0 bridgehead atoms. The molecule has 0 spiro atoms. The quantitative estimate of drug-likeness (QED) is 0.756. The van der Waals surface area contributed by atoms with Crippen LogP contribution in [0.2, 0.25) is 0 Å². The molecule has 2 rings (SSSR count). The van der Waals surface area contributed by atoms with Crippen molar-refractivity contribution in [3.05, 3.63) is 23.8 Å². The van der Waals surface area contributed by atoms with Gasteiger partial charge in [-0.1, -0.05) is 0 Å². The van der Waals surface area contributed by atoms with Crippen LogP contribution in [0.25, 0.3) is 0 Å². The molecule has 1 aliphatic rings. The third-order valence-corrected chi connectivity index (χ3v) is 2.78. The highest BCUT2D eigenvalue weighted by atomic mass is 16.6. The largest absolute Gasteiger partial charge is 0.493 e. The summed E-state index contributed by atoms with van der Waals surface area (Å²) >= 11 is 0. The molecule has 1 heterocycles. The zero-order chi connectivity index (χ0) is 13.0. The standard InChI is InChI=1S/C13H16O5/c1-15-10-4-3-9(7-11(10)16-2)13(14)12-8-17-5-6-18-12/h3-4,7,12H,5-6,8H2,1-2H3. The number of hydrogen-bond acceptors (Lipinski definition) is 5. The summed E-state index contributed by atoms with van der Waals surface area (Å²) < 4.78 is 20.9. The van der Waals surface area contributed by atoms with Crippen molar-refractivity contribution in [3.8, 4) is 11.5 Å². The lowest BCUT2D eigenvalue weighted by atomic mass is 10.1. The number of carbonyl (C=O) groups excluding carboxylic acids is 1. The fourth-order valence-corrected chi connectivity index (χ4v) is 1.81. The van der Waals surface area contributed by atoms with Crippen LogP contribution in [0.1, 0.15) is 10.4 Å². The molecule has 1 fully saturated rings. The van der Waals surface area contributed by atoms with Gasteiger partial charge in [0, 0.05) is 5.56 Å². The Hall–Kier alpha value is -1.59. The minimum absolute atomic E-state index is 0.101. The number of ether oxygens (including phenoxy) is 4. The SMILES string of the molecule is COc1ccc(C(=O)C2COCCO2)cc1OC. The van der Waals surface area contributed by atoms with Crippen molar-refractivity contribution in [2.45, 2.75) is 6.10 Å². The van der Waals surface area contributed by atoms with Crippen LogP contribution in [-0.4, -0.2) is 45.9 Å². The van der Waals surface area contributed by atoms with E-state index in [0.717, 1.165) is 0 Å². The zero-order valence-electron chi connectivity index (χ0n) is 10.5. The van der Waals surface area contributed by atoms with Crippen molar-refractivity contribution in [2.24, 2.45) is 0 Å². The van der Waals surface area contributed by atoms with Gasteiger partial charge in [0.25, 0.3) is 0 Å². The van der Waals surface area contributed by atoms with E-state index in [1.54, 1.807) is 25.3 Å². The summed E-state index contributed by atoms with van der Waals surface area (Å²) in [5, 5.41) is 0. The Morgan fingerprint density at radius 3 is 2.61 bits per heavy atom. The van der Waals surface area contributed by atoms with Gasteiger partial charge in [-0.2, -0.15) is 0 Å². The van der Waals surface area contributed by atoms with Gasteiger partial charge in [0.2, 0.25) is 0 Å². The molecular weight excluding hydrogens is 236 g/mol. The highest BCUT2D eigenvalue weighted by Gasteiger charge is 2.24. The number of carbonyl (C=O) groups is 1. The van der Waals surface area contributed by atoms with Crippen LogP contribution in [0.4, 0.5) is 0 Å². The number of benzene rings is 1. The van der Waals surface area contributed by atoms with Gasteiger partial charge in [-0.15, -0.1) is 0 Å². The third kappa shape index (κ3) is 2.63. The summed E-state index contributed by atoms with van der Waals surface area (Å²) in [5.41, 5.74) is 0.531. The number of ketones is 1. The topological polar surface area (TPSA) is 54.0 Å². The van der Waals surface area contributed by atoms with Gasteiger partial charge in [0.15, 0.2) is 17.3 Å². The first-order chi connectivity index (χ1) is 8.76. The Bertz CT molecular complexity index is 423. The van der Waals surface area contributed by atoms with E-state index in [0.29, 0.717) is 36.9 Å². The van der Waals surface area contributed by atoms with Crippen molar-refractivity contribution in [2.75, 3.05) is 34.0 Å². The maximum absolute atomic E-state index is 12.2. The normalized spacial score (nSPS) is 19.3. The molecule has 0 radical (unpaired) electrons. The fourth-order valence-electron chi connectivity index (χ4n) is 1.81. The Balaban J connectivity index is 2.19. The van der Waals surface area contributed by atoms with Gasteiger partial charge in [0.1, 0.15) is 6.10 Å². The second-order valence-electron chi connectivity index (χ2n) is 3.87. The second-order valence-corrected chi connectivity index (χ2v) is 3.87. The van der Waals surface area contributed by atoms with Crippen molar-refractivity contribution >= 4 is 5.78 Å². The Morgan fingerprint density at radius 2 is 2.00 bits per heavy atom. The lowest BCUT2D eigenvalue weighted by molar-refractivity contribution is -0.0719. The molecule has 1 aliphatic heterocycles. The summed E-state index contributed by atoms with van der Waals surface area (Å²) in [4.78, 5) is 12.2. The molecule has 0 aromatic heterocycles. The minimum atomic E-state index is -0.531. The number of hydrogen-bond donors (Lipinski definition) is 0. The summed E-state index contributed by atoms with van der Waals surface area (Å²) in [6, 6.07) is 5.05. The van der Waals surface area contributed by atoms with Gasteiger partial charge >= 0.3 is 0 Å². The Labute approximate surface area is 106 Å². The van der Waals surface area contributed by atoms with E-state index in [9.17, 15) is 4.79 Å². The summed E-state index contributed by atoms with van der Waals surface area (Å²) in [6.07, 6.45) is -0.531. The molecule has 0 amide bonds. The van der Waals surface area contributed by atoms with E-state index in [1.807, 2.05) is 0 Å². The Kier molecular flexibility index (Phi) is 4.17. The van der Waals surface area contributed by atoms with Gasteiger partial charge in [-0.3, -0.25) is 4.79 Å². The second kappa shape index (κ2) is 5.84. The van der Waals surface area contributed by atoms with Crippen LogP contribution in [0.15, 0.2) is 18.2 Å². The summed E-state index contributed by atoms with van der Waals surface area (Å²) in [6.45, 7) is 1.28. The molecule has 98 valence electrons. The van der Waals surface area contributed by atoms with E-state index in [1.165, 1.54) is 7.11 Å². The molecule has 1 aromatic rings.